The highest BCUT2D eigenvalue weighted by Gasteiger charge is 2.40. The monoisotopic (exact) mass is 570 g/mol. The number of hydrogen-bond acceptors (Lipinski definition) is 9. The summed E-state index contributed by atoms with van der Waals surface area (Å²) < 4.78 is 38.6. The van der Waals surface area contributed by atoms with Crippen LogP contribution in [0.15, 0.2) is 54.6 Å². The van der Waals surface area contributed by atoms with Crippen LogP contribution in [0.4, 0.5) is 8.78 Å². The van der Waals surface area contributed by atoms with Gasteiger partial charge in [0.05, 0.1) is 25.4 Å². The molecule has 40 heavy (non-hydrogen) atoms. The van der Waals surface area contributed by atoms with Gasteiger partial charge in [0, 0.05) is 25.2 Å². The topological polar surface area (TPSA) is 157 Å². The molecule has 1 amide bonds. The standard InChI is InChI=1S/C27H36F2N2O9/c28-27(29,19-39-20-9-4-3-5-10-20)14-13-22-21(23(32)17-24(22)33)11-6-1-2-7-12-25(34)30-18-26(35)38-15-8-16-40-31(36)37/h1,3-6,9-10,13-14,21-24,32-33H,2,7-8,11-12,15-19H2,(H,30,34)/b6-1-,14-13+/t21-,22-,23+,24-/m1/s1. The maximum absolute atomic E-state index is 14.3. The molecule has 222 valence electrons. The zero-order valence-corrected chi connectivity index (χ0v) is 22.0. The van der Waals surface area contributed by atoms with Crippen LogP contribution in [0, 0.1) is 22.0 Å². The summed E-state index contributed by atoms with van der Waals surface area (Å²) in [4.78, 5) is 37.5. The molecular weight excluding hydrogens is 534 g/mol. The lowest BCUT2D eigenvalue weighted by atomic mass is 9.89. The molecule has 1 aliphatic rings. The molecule has 0 bridgehead atoms. The molecule has 1 aromatic rings. The number of esters is 1. The Bertz CT molecular complexity index is 991. The maximum atomic E-state index is 14.3. The Morgan fingerprint density at radius 2 is 1.88 bits per heavy atom. The molecule has 1 fully saturated rings. The van der Waals surface area contributed by atoms with Crippen LogP contribution >= 0.6 is 0 Å². The maximum Gasteiger partial charge on any atom is 0.325 e. The Morgan fingerprint density at radius 3 is 2.60 bits per heavy atom. The third-order valence-corrected chi connectivity index (χ3v) is 6.18. The fourth-order valence-electron chi connectivity index (χ4n) is 4.15. The average molecular weight is 571 g/mol. The smallest absolute Gasteiger partial charge is 0.325 e. The van der Waals surface area contributed by atoms with E-state index >= 15 is 0 Å². The lowest BCUT2D eigenvalue weighted by molar-refractivity contribution is -0.757. The van der Waals surface area contributed by atoms with Crippen LogP contribution in [-0.4, -0.2) is 71.7 Å². The van der Waals surface area contributed by atoms with Crippen LogP contribution in [0.2, 0.25) is 0 Å². The van der Waals surface area contributed by atoms with Gasteiger partial charge in [-0.05, 0) is 43.4 Å². The molecular formula is C27H36F2N2O9. The van der Waals surface area contributed by atoms with Crippen molar-refractivity contribution in [2.75, 3.05) is 26.4 Å². The number of halogens is 2. The highest BCUT2D eigenvalue weighted by Crippen LogP contribution is 2.37. The van der Waals surface area contributed by atoms with E-state index in [1.165, 1.54) is 6.08 Å². The number of allylic oxidation sites excluding steroid dienone is 2. The van der Waals surface area contributed by atoms with E-state index in [1.807, 2.05) is 6.08 Å². The fourth-order valence-corrected chi connectivity index (χ4v) is 4.15. The molecule has 2 rings (SSSR count). The number of rotatable bonds is 18. The summed E-state index contributed by atoms with van der Waals surface area (Å²) >= 11 is 0. The summed E-state index contributed by atoms with van der Waals surface area (Å²) in [5.41, 5.74) is 0. The van der Waals surface area contributed by atoms with E-state index in [2.05, 4.69) is 10.2 Å². The largest absolute Gasteiger partial charge is 0.487 e. The van der Waals surface area contributed by atoms with Gasteiger partial charge in [-0.15, -0.1) is 10.1 Å². The predicted octanol–water partition coefficient (Wildman–Crippen LogP) is 2.99. The van der Waals surface area contributed by atoms with Gasteiger partial charge in [-0.1, -0.05) is 36.4 Å². The Labute approximate surface area is 230 Å². The Kier molecular flexibility index (Phi) is 14.0. The van der Waals surface area contributed by atoms with E-state index in [0.717, 1.165) is 6.08 Å². The van der Waals surface area contributed by atoms with Gasteiger partial charge in [0.25, 0.3) is 11.0 Å². The van der Waals surface area contributed by atoms with Crippen molar-refractivity contribution >= 4 is 11.9 Å². The number of nitrogens with zero attached hydrogens (tertiary/aromatic N) is 1. The SMILES string of the molecule is O=C(CCC/C=C\C[C@@H]1[C@@H](/C=C/C(F)(F)COc2ccccc2)[C@H](O)C[C@@H]1O)NCC(=O)OCCCO[N+](=O)[O-]. The summed E-state index contributed by atoms with van der Waals surface area (Å²) in [7, 11) is 0. The van der Waals surface area contributed by atoms with E-state index in [1.54, 1.807) is 36.4 Å². The van der Waals surface area contributed by atoms with Crippen molar-refractivity contribution < 1.29 is 48.0 Å². The highest BCUT2D eigenvalue weighted by atomic mass is 19.3. The number of amides is 1. The van der Waals surface area contributed by atoms with Gasteiger partial charge in [0.1, 0.15) is 12.3 Å². The Balaban J connectivity index is 1.66. The minimum absolute atomic E-state index is 0.0677. The number of hydrogen-bond donors (Lipinski definition) is 3. The second-order valence-electron chi connectivity index (χ2n) is 9.34. The molecule has 0 heterocycles. The third kappa shape index (κ3) is 13.0. The highest BCUT2D eigenvalue weighted by molar-refractivity contribution is 5.81. The number of carbonyl (C=O) groups excluding carboxylic acids is 2. The first kappa shape index (κ1) is 32.6. The van der Waals surface area contributed by atoms with Crippen LogP contribution in [0.5, 0.6) is 5.75 Å². The van der Waals surface area contributed by atoms with Crippen molar-refractivity contribution in [1.29, 1.82) is 0 Å². The lowest BCUT2D eigenvalue weighted by Crippen LogP contribution is -2.30. The summed E-state index contributed by atoms with van der Waals surface area (Å²) in [6.07, 6.45) is 5.59. The number of carbonyl (C=O) groups is 2. The van der Waals surface area contributed by atoms with Crippen LogP contribution in [0.3, 0.4) is 0 Å². The molecule has 0 radical (unpaired) electrons. The van der Waals surface area contributed by atoms with Crippen molar-refractivity contribution in [2.45, 2.75) is 56.7 Å². The molecule has 11 nitrogen and oxygen atoms in total. The Morgan fingerprint density at radius 1 is 1.12 bits per heavy atom. The molecule has 0 spiro atoms. The summed E-state index contributed by atoms with van der Waals surface area (Å²) in [6, 6.07) is 8.26. The molecule has 4 atom stereocenters. The lowest BCUT2D eigenvalue weighted by Gasteiger charge is -2.20. The van der Waals surface area contributed by atoms with Gasteiger partial charge in [0.2, 0.25) is 5.91 Å². The molecule has 0 unspecified atom stereocenters. The van der Waals surface area contributed by atoms with Crippen molar-refractivity contribution in [2.24, 2.45) is 11.8 Å². The first-order chi connectivity index (χ1) is 19.1. The normalized spacial score (nSPS) is 21.0. The van der Waals surface area contributed by atoms with Crippen LogP contribution in [0.25, 0.3) is 0 Å². The molecule has 0 aliphatic heterocycles. The number of nitrogens with one attached hydrogen (secondary N) is 1. The van der Waals surface area contributed by atoms with Crippen molar-refractivity contribution in [1.82, 2.24) is 5.32 Å². The molecule has 13 heteroatoms. The fraction of sp³-hybridized carbons (Fsp3) is 0.556. The molecule has 0 aromatic heterocycles. The summed E-state index contributed by atoms with van der Waals surface area (Å²) in [5.74, 6) is -5.03. The number of benzene rings is 1. The van der Waals surface area contributed by atoms with Gasteiger partial charge >= 0.3 is 5.97 Å². The van der Waals surface area contributed by atoms with Crippen LogP contribution in [0.1, 0.15) is 38.5 Å². The Hall–Kier alpha value is -3.58. The number of para-hydroxylation sites is 1. The quantitative estimate of drug-likeness (QED) is 0.0793. The first-order valence-electron chi connectivity index (χ1n) is 13.0. The third-order valence-electron chi connectivity index (χ3n) is 6.18. The van der Waals surface area contributed by atoms with Gasteiger partial charge < -0.3 is 29.8 Å². The molecule has 0 saturated heterocycles. The first-order valence-corrected chi connectivity index (χ1v) is 13.0. The average Bonchev–Trinajstić information content (AvgIpc) is 3.18. The molecule has 1 aliphatic carbocycles. The van der Waals surface area contributed by atoms with E-state index in [4.69, 9.17) is 9.47 Å². The van der Waals surface area contributed by atoms with E-state index in [0.29, 0.717) is 25.0 Å². The second kappa shape index (κ2) is 17.2. The minimum Gasteiger partial charge on any atom is -0.487 e. The predicted molar refractivity (Wildman–Crippen MR) is 139 cm³/mol. The molecule has 1 aromatic carbocycles. The van der Waals surface area contributed by atoms with Gasteiger partial charge in [-0.3, -0.25) is 9.59 Å². The van der Waals surface area contributed by atoms with Crippen molar-refractivity contribution in [3.05, 3.63) is 64.8 Å². The number of alkyl halides is 2. The van der Waals surface area contributed by atoms with Gasteiger partial charge in [-0.2, -0.15) is 8.78 Å². The van der Waals surface area contributed by atoms with Crippen LogP contribution < -0.4 is 10.1 Å². The van der Waals surface area contributed by atoms with Gasteiger partial charge in [0.15, 0.2) is 6.61 Å². The second-order valence-corrected chi connectivity index (χ2v) is 9.34. The van der Waals surface area contributed by atoms with Crippen molar-refractivity contribution in [3.63, 3.8) is 0 Å². The zero-order valence-electron chi connectivity index (χ0n) is 22.0. The summed E-state index contributed by atoms with van der Waals surface area (Å²) in [6.45, 7) is -1.43. The van der Waals surface area contributed by atoms with E-state index < -0.39 is 47.6 Å². The summed E-state index contributed by atoms with van der Waals surface area (Å²) in [5, 5.41) is 32.1. The number of aliphatic hydroxyl groups is 2. The van der Waals surface area contributed by atoms with E-state index in [9.17, 15) is 38.7 Å². The van der Waals surface area contributed by atoms with Crippen LogP contribution in [-0.2, 0) is 19.2 Å². The number of unbranched alkanes of at least 4 members (excludes halogenated alkanes) is 1. The minimum atomic E-state index is -3.26. The van der Waals surface area contributed by atoms with Gasteiger partial charge in [-0.25, -0.2) is 0 Å². The van der Waals surface area contributed by atoms with Crippen molar-refractivity contribution in [3.8, 4) is 5.75 Å². The zero-order chi connectivity index (χ0) is 29.4. The number of aliphatic hydroxyl groups excluding tert-OH is 2. The van der Waals surface area contributed by atoms with E-state index in [-0.39, 0.29) is 44.9 Å². The number of ether oxygens (including phenoxy) is 2. The molecule has 3 N–H and O–H groups in total. The molecule has 1 saturated carbocycles.